The van der Waals surface area contributed by atoms with Crippen molar-refractivity contribution in [2.24, 2.45) is 0 Å². The molecule has 0 aliphatic carbocycles. The molecule has 0 aliphatic rings. The van der Waals surface area contributed by atoms with Crippen LogP contribution in [0.25, 0.3) is 27.6 Å². The molecule has 4 rings (SSSR count). The van der Waals surface area contributed by atoms with Gasteiger partial charge in [-0.2, -0.15) is 22.8 Å². The van der Waals surface area contributed by atoms with Crippen LogP contribution in [0.3, 0.4) is 0 Å². The summed E-state index contributed by atoms with van der Waals surface area (Å²) in [5, 5.41) is 5.98. The molecule has 0 bridgehead atoms. The molecule has 0 aliphatic heterocycles. The summed E-state index contributed by atoms with van der Waals surface area (Å²) in [6.45, 7) is 0. The summed E-state index contributed by atoms with van der Waals surface area (Å²) in [5.74, 6) is -0.636. The smallest absolute Gasteiger partial charge is 0.244 e. The van der Waals surface area contributed by atoms with E-state index in [1.54, 1.807) is 17.6 Å². The number of hydrogen-bond acceptors (Lipinski definition) is 5. The SMILES string of the molecule is Fc1ccc(-c2cnc3nc(C(F)(F)F)cnn23)cc1-c1nccs1. The highest BCUT2D eigenvalue weighted by Crippen LogP contribution is 2.31. The third kappa shape index (κ3) is 2.74. The lowest BCUT2D eigenvalue weighted by Crippen LogP contribution is -2.11. The summed E-state index contributed by atoms with van der Waals surface area (Å²) < 4.78 is 53.4. The maximum atomic E-state index is 14.1. The van der Waals surface area contributed by atoms with E-state index in [0.29, 0.717) is 28.0 Å². The second kappa shape index (κ2) is 5.59. The Morgan fingerprint density at radius 2 is 1.92 bits per heavy atom. The monoisotopic (exact) mass is 365 g/mol. The number of fused-ring (bicyclic) bond motifs is 1. The van der Waals surface area contributed by atoms with Crippen LogP contribution in [-0.4, -0.2) is 24.6 Å². The van der Waals surface area contributed by atoms with Gasteiger partial charge in [-0.1, -0.05) is 0 Å². The van der Waals surface area contributed by atoms with Crippen molar-refractivity contribution < 1.29 is 17.6 Å². The molecule has 0 saturated carbocycles. The van der Waals surface area contributed by atoms with Crippen LogP contribution in [0, 0.1) is 5.82 Å². The average molecular weight is 365 g/mol. The molecule has 0 unspecified atom stereocenters. The van der Waals surface area contributed by atoms with E-state index >= 15 is 0 Å². The van der Waals surface area contributed by atoms with Crippen LogP contribution in [0.15, 0.2) is 42.2 Å². The maximum absolute atomic E-state index is 14.1. The Kier molecular flexibility index (Phi) is 3.49. The van der Waals surface area contributed by atoms with Gasteiger partial charge in [0.25, 0.3) is 5.78 Å². The van der Waals surface area contributed by atoms with Crippen molar-refractivity contribution in [3.05, 3.63) is 53.7 Å². The number of benzene rings is 1. The summed E-state index contributed by atoms with van der Waals surface area (Å²) >= 11 is 1.28. The van der Waals surface area contributed by atoms with Crippen LogP contribution >= 0.6 is 11.3 Å². The molecule has 25 heavy (non-hydrogen) atoms. The lowest BCUT2D eigenvalue weighted by atomic mass is 10.1. The summed E-state index contributed by atoms with van der Waals surface area (Å²) in [6.07, 6.45) is -1.07. The van der Waals surface area contributed by atoms with Crippen molar-refractivity contribution in [2.75, 3.05) is 0 Å². The van der Waals surface area contributed by atoms with E-state index in [0.717, 1.165) is 0 Å². The largest absolute Gasteiger partial charge is 0.435 e. The number of nitrogens with zero attached hydrogens (tertiary/aromatic N) is 5. The Balaban J connectivity index is 1.84. The van der Waals surface area contributed by atoms with E-state index in [-0.39, 0.29) is 5.78 Å². The van der Waals surface area contributed by atoms with Crippen molar-refractivity contribution >= 4 is 17.1 Å². The molecule has 3 heterocycles. The number of halogens is 4. The minimum atomic E-state index is -4.60. The van der Waals surface area contributed by atoms with Gasteiger partial charge in [0.2, 0.25) is 0 Å². The molecular formula is C15H7F4N5S. The molecule has 5 nitrogen and oxygen atoms in total. The highest BCUT2D eigenvalue weighted by Gasteiger charge is 2.33. The number of aromatic nitrogens is 5. The quantitative estimate of drug-likeness (QED) is 0.503. The van der Waals surface area contributed by atoms with Crippen molar-refractivity contribution in [3.8, 4) is 21.8 Å². The van der Waals surface area contributed by atoms with Crippen LogP contribution in [0.1, 0.15) is 5.69 Å². The summed E-state index contributed by atoms with van der Waals surface area (Å²) in [5.41, 5.74) is 0.101. The Morgan fingerprint density at radius 3 is 2.64 bits per heavy atom. The zero-order valence-corrected chi connectivity index (χ0v) is 13.0. The molecule has 126 valence electrons. The fourth-order valence-corrected chi connectivity index (χ4v) is 2.97. The molecule has 1 aromatic carbocycles. The van der Waals surface area contributed by atoms with Crippen molar-refractivity contribution in [2.45, 2.75) is 6.18 Å². The van der Waals surface area contributed by atoms with Gasteiger partial charge in [0.1, 0.15) is 10.8 Å². The van der Waals surface area contributed by atoms with Crippen molar-refractivity contribution in [1.82, 2.24) is 24.6 Å². The normalized spacial score (nSPS) is 12.0. The van der Waals surface area contributed by atoms with Crippen molar-refractivity contribution in [1.29, 1.82) is 0 Å². The highest BCUT2D eigenvalue weighted by molar-refractivity contribution is 7.13. The topological polar surface area (TPSA) is 56.0 Å². The number of rotatable bonds is 2. The average Bonchev–Trinajstić information content (AvgIpc) is 3.23. The van der Waals surface area contributed by atoms with E-state index < -0.39 is 17.7 Å². The van der Waals surface area contributed by atoms with E-state index in [1.165, 1.54) is 34.2 Å². The number of thiazole rings is 1. The molecule has 0 radical (unpaired) electrons. The Hall–Kier alpha value is -2.88. The Morgan fingerprint density at radius 1 is 1.08 bits per heavy atom. The molecule has 10 heteroatoms. The minimum absolute atomic E-state index is 0.190. The fourth-order valence-electron chi connectivity index (χ4n) is 2.31. The first-order valence-electron chi connectivity index (χ1n) is 6.91. The van der Waals surface area contributed by atoms with Crippen molar-refractivity contribution in [3.63, 3.8) is 0 Å². The molecule has 3 aromatic heterocycles. The highest BCUT2D eigenvalue weighted by atomic mass is 32.1. The van der Waals surface area contributed by atoms with E-state index in [1.807, 2.05) is 0 Å². The minimum Gasteiger partial charge on any atom is -0.244 e. The molecule has 0 saturated heterocycles. The maximum Gasteiger partial charge on any atom is 0.435 e. The third-order valence-corrected chi connectivity index (χ3v) is 4.26. The van der Waals surface area contributed by atoms with Gasteiger partial charge < -0.3 is 0 Å². The first kappa shape index (κ1) is 15.6. The second-order valence-electron chi connectivity index (χ2n) is 5.03. The Labute approximate surface area is 141 Å². The van der Waals surface area contributed by atoms with Crippen LogP contribution < -0.4 is 0 Å². The zero-order chi connectivity index (χ0) is 17.6. The van der Waals surface area contributed by atoms with Gasteiger partial charge in [-0.3, -0.25) is 0 Å². The lowest BCUT2D eigenvalue weighted by molar-refractivity contribution is -0.141. The van der Waals surface area contributed by atoms with E-state index in [9.17, 15) is 17.6 Å². The predicted octanol–water partition coefficient (Wildman–Crippen LogP) is 4.07. The van der Waals surface area contributed by atoms with Gasteiger partial charge in [-0.15, -0.1) is 11.3 Å². The molecule has 0 atom stereocenters. The number of hydrogen-bond donors (Lipinski definition) is 0. The fraction of sp³-hybridized carbons (Fsp3) is 0.0667. The van der Waals surface area contributed by atoms with Gasteiger partial charge in [-0.25, -0.2) is 19.3 Å². The first-order chi connectivity index (χ1) is 11.9. The van der Waals surface area contributed by atoms with Gasteiger partial charge >= 0.3 is 6.18 Å². The predicted molar refractivity (Wildman–Crippen MR) is 82.3 cm³/mol. The van der Waals surface area contributed by atoms with Crippen LogP contribution in [0.2, 0.25) is 0 Å². The first-order valence-corrected chi connectivity index (χ1v) is 7.79. The summed E-state index contributed by atoms with van der Waals surface area (Å²) in [4.78, 5) is 11.4. The van der Waals surface area contributed by atoms with Gasteiger partial charge in [0.05, 0.1) is 18.1 Å². The lowest BCUT2D eigenvalue weighted by Gasteiger charge is -2.06. The third-order valence-electron chi connectivity index (χ3n) is 3.45. The molecular weight excluding hydrogens is 358 g/mol. The molecule has 4 aromatic rings. The van der Waals surface area contributed by atoms with Gasteiger partial charge in [0, 0.05) is 22.7 Å². The zero-order valence-electron chi connectivity index (χ0n) is 12.2. The van der Waals surface area contributed by atoms with Crippen LogP contribution in [0.5, 0.6) is 0 Å². The molecule has 0 amide bonds. The standard InChI is InChI=1S/C15H7F4N5S/c16-10-2-1-8(5-9(10)13-20-3-4-25-13)11-6-21-14-23-12(15(17,18)19)7-22-24(11)14/h1-7H. The summed E-state index contributed by atoms with van der Waals surface area (Å²) in [7, 11) is 0. The van der Waals surface area contributed by atoms with E-state index in [4.69, 9.17) is 0 Å². The van der Waals surface area contributed by atoms with Crippen LogP contribution in [-0.2, 0) is 6.18 Å². The van der Waals surface area contributed by atoms with Crippen LogP contribution in [0.4, 0.5) is 17.6 Å². The van der Waals surface area contributed by atoms with Gasteiger partial charge in [0.15, 0.2) is 5.69 Å². The molecule has 0 fully saturated rings. The summed E-state index contributed by atoms with van der Waals surface area (Å²) in [6, 6.07) is 4.31. The molecule has 0 N–H and O–H groups in total. The number of alkyl halides is 3. The number of imidazole rings is 1. The Bertz CT molecular complexity index is 1060. The van der Waals surface area contributed by atoms with E-state index in [2.05, 4.69) is 20.1 Å². The molecule has 0 spiro atoms. The second-order valence-corrected chi connectivity index (χ2v) is 5.92. The van der Waals surface area contributed by atoms with Gasteiger partial charge in [-0.05, 0) is 18.2 Å².